The lowest BCUT2D eigenvalue weighted by molar-refractivity contribution is 0.102. The summed E-state index contributed by atoms with van der Waals surface area (Å²) in [6, 6.07) is 9.82. The maximum Gasteiger partial charge on any atom is 0.258 e. The summed E-state index contributed by atoms with van der Waals surface area (Å²) in [4.78, 5) is 12.2. The van der Waals surface area contributed by atoms with E-state index in [2.05, 4.69) is 21.2 Å². The number of rotatable bonds is 4. The van der Waals surface area contributed by atoms with Gasteiger partial charge in [0.25, 0.3) is 5.91 Å². The van der Waals surface area contributed by atoms with Crippen molar-refractivity contribution in [2.45, 2.75) is 11.8 Å². The summed E-state index contributed by atoms with van der Waals surface area (Å²) in [7, 11) is -3.29. The second-order valence-electron chi connectivity index (χ2n) is 4.51. The van der Waals surface area contributed by atoms with Crippen molar-refractivity contribution in [2.24, 2.45) is 0 Å². The third kappa shape index (κ3) is 3.72. The standard InChI is InChI=1S/C15H13BrFNO3S/c1-2-22(20,21)12-6-4-11(5-7-12)18-15(19)13-9-10(16)3-8-14(13)17/h3-9H,2H2,1H3,(H,18,19). The molecule has 0 aromatic heterocycles. The van der Waals surface area contributed by atoms with Crippen molar-refractivity contribution in [1.82, 2.24) is 0 Å². The molecule has 0 heterocycles. The van der Waals surface area contributed by atoms with E-state index < -0.39 is 21.6 Å². The maximum absolute atomic E-state index is 13.6. The van der Waals surface area contributed by atoms with Crippen molar-refractivity contribution in [2.75, 3.05) is 11.1 Å². The molecule has 1 N–H and O–H groups in total. The molecular weight excluding hydrogens is 373 g/mol. The van der Waals surface area contributed by atoms with E-state index in [0.29, 0.717) is 10.2 Å². The Balaban J connectivity index is 2.21. The molecule has 1 amide bonds. The number of carbonyl (C=O) groups is 1. The predicted molar refractivity (Wildman–Crippen MR) is 86.2 cm³/mol. The van der Waals surface area contributed by atoms with Crippen LogP contribution in [0.25, 0.3) is 0 Å². The second kappa shape index (κ2) is 6.58. The summed E-state index contributed by atoms with van der Waals surface area (Å²) in [6.45, 7) is 1.56. The van der Waals surface area contributed by atoms with E-state index in [-0.39, 0.29) is 16.2 Å². The first-order valence-electron chi connectivity index (χ1n) is 6.42. The van der Waals surface area contributed by atoms with Crippen molar-refractivity contribution in [3.63, 3.8) is 0 Å². The number of amides is 1. The van der Waals surface area contributed by atoms with E-state index in [0.717, 1.165) is 0 Å². The molecule has 0 saturated heterocycles. The van der Waals surface area contributed by atoms with E-state index in [1.165, 1.54) is 42.5 Å². The molecule has 2 aromatic rings. The van der Waals surface area contributed by atoms with Crippen LogP contribution in [0.2, 0.25) is 0 Å². The van der Waals surface area contributed by atoms with Crippen LogP contribution in [-0.4, -0.2) is 20.1 Å². The molecule has 2 rings (SSSR count). The Morgan fingerprint density at radius 3 is 2.41 bits per heavy atom. The van der Waals surface area contributed by atoms with Gasteiger partial charge < -0.3 is 5.32 Å². The topological polar surface area (TPSA) is 63.2 Å². The van der Waals surface area contributed by atoms with Gasteiger partial charge in [0, 0.05) is 10.2 Å². The van der Waals surface area contributed by atoms with Crippen LogP contribution in [0.3, 0.4) is 0 Å². The van der Waals surface area contributed by atoms with Crippen LogP contribution in [-0.2, 0) is 9.84 Å². The Kier molecular flexibility index (Phi) is 4.97. The predicted octanol–water partition coefficient (Wildman–Crippen LogP) is 3.63. The fourth-order valence-corrected chi connectivity index (χ4v) is 3.03. The number of halogens is 2. The molecule has 0 aliphatic heterocycles. The molecular formula is C15H13BrFNO3S. The SMILES string of the molecule is CCS(=O)(=O)c1ccc(NC(=O)c2cc(Br)ccc2F)cc1. The lowest BCUT2D eigenvalue weighted by atomic mass is 10.2. The van der Waals surface area contributed by atoms with Crippen molar-refractivity contribution in [1.29, 1.82) is 0 Å². The number of anilines is 1. The van der Waals surface area contributed by atoms with E-state index >= 15 is 0 Å². The van der Waals surface area contributed by atoms with Gasteiger partial charge in [0.15, 0.2) is 9.84 Å². The average molecular weight is 386 g/mol. The normalized spacial score (nSPS) is 11.2. The molecule has 7 heteroatoms. The monoisotopic (exact) mass is 385 g/mol. The van der Waals surface area contributed by atoms with Gasteiger partial charge in [-0.25, -0.2) is 12.8 Å². The van der Waals surface area contributed by atoms with Gasteiger partial charge >= 0.3 is 0 Å². The molecule has 0 unspecified atom stereocenters. The van der Waals surface area contributed by atoms with Crippen LogP contribution in [0.15, 0.2) is 51.8 Å². The zero-order valence-corrected chi connectivity index (χ0v) is 14.0. The number of hydrogen-bond acceptors (Lipinski definition) is 3. The summed E-state index contributed by atoms with van der Waals surface area (Å²) < 4.78 is 37.6. The summed E-state index contributed by atoms with van der Waals surface area (Å²) >= 11 is 3.18. The van der Waals surface area contributed by atoms with Crippen molar-refractivity contribution in [3.8, 4) is 0 Å². The molecule has 116 valence electrons. The number of hydrogen-bond donors (Lipinski definition) is 1. The van der Waals surface area contributed by atoms with Gasteiger partial charge in [-0.2, -0.15) is 0 Å². The van der Waals surface area contributed by atoms with Crippen LogP contribution in [0.1, 0.15) is 17.3 Å². The Bertz CT molecular complexity index is 804. The average Bonchev–Trinajstić information content (AvgIpc) is 2.50. The summed E-state index contributed by atoms with van der Waals surface area (Å²) in [6.07, 6.45) is 0. The quantitative estimate of drug-likeness (QED) is 0.873. The minimum absolute atomic E-state index is 0.00194. The molecule has 0 radical (unpaired) electrons. The highest BCUT2D eigenvalue weighted by atomic mass is 79.9. The Morgan fingerprint density at radius 1 is 1.18 bits per heavy atom. The van der Waals surface area contributed by atoms with Crippen LogP contribution in [0.4, 0.5) is 10.1 Å². The van der Waals surface area contributed by atoms with Gasteiger partial charge in [0.05, 0.1) is 16.2 Å². The number of carbonyl (C=O) groups excluding carboxylic acids is 1. The van der Waals surface area contributed by atoms with Gasteiger partial charge in [0.2, 0.25) is 0 Å². The van der Waals surface area contributed by atoms with Crippen LogP contribution >= 0.6 is 15.9 Å². The highest BCUT2D eigenvalue weighted by molar-refractivity contribution is 9.10. The van der Waals surface area contributed by atoms with Crippen LogP contribution < -0.4 is 5.32 Å². The van der Waals surface area contributed by atoms with Gasteiger partial charge in [-0.15, -0.1) is 0 Å². The Hall–Kier alpha value is -1.73. The number of sulfone groups is 1. The molecule has 0 saturated carbocycles. The maximum atomic E-state index is 13.6. The highest BCUT2D eigenvalue weighted by Gasteiger charge is 2.14. The fourth-order valence-electron chi connectivity index (χ4n) is 1.78. The fraction of sp³-hybridized carbons (Fsp3) is 0.133. The number of nitrogens with one attached hydrogen (secondary N) is 1. The van der Waals surface area contributed by atoms with Crippen molar-refractivity contribution >= 4 is 37.4 Å². The first kappa shape index (κ1) is 16.6. The molecule has 0 aliphatic carbocycles. The van der Waals surface area contributed by atoms with Gasteiger partial charge in [-0.3, -0.25) is 4.79 Å². The lowest BCUT2D eigenvalue weighted by Crippen LogP contribution is -2.14. The molecule has 0 aliphatic rings. The summed E-state index contributed by atoms with van der Waals surface area (Å²) in [5.74, 6) is -1.24. The third-order valence-corrected chi connectivity index (χ3v) is 5.27. The largest absolute Gasteiger partial charge is 0.322 e. The molecule has 4 nitrogen and oxygen atoms in total. The summed E-state index contributed by atoms with van der Waals surface area (Å²) in [5.41, 5.74) is 0.291. The first-order valence-corrected chi connectivity index (χ1v) is 8.87. The van der Waals surface area contributed by atoms with E-state index in [9.17, 15) is 17.6 Å². The zero-order chi connectivity index (χ0) is 16.3. The van der Waals surface area contributed by atoms with Gasteiger partial charge in [-0.1, -0.05) is 22.9 Å². The highest BCUT2D eigenvalue weighted by Crippen LogP contribution is 2.19. The Morgan fingerprint density at radius 2 is 1.82 bits per heavy atom. The van der Waals surface area contributed by atoms with E-state index in [1.807, 2.05) is 0 Å². The van der Waals surface area contributed by atoms with Gasteiger partial charge in [-0.05, 0) is 42.5 Å². The first-order chi connectivity index (χ1) is 10.3. The molecule has 22 heavy (non-hydrogen) atoms. The summed E-state index contributed by atoms with van der Waals surface area (Å²) in [5, 5.41) is 2.53. The minimum atomic E-state index is -3.29. The second-order valence-corrected chi connectivity index (χ2v) is 7.70. The smallest absolute Gasteiger partial charge is 0.258 e. The molecule has 2 aromatic carbocycles. The lowest BCUT2D eigenvalue weighted by Gasteiger charge is -2.08. The van der Waals surface area contributed by atoms with Gasteiger partial charge in [0.1, 0.15) is 5.82 Å². The van der Waals surface area contributed by atoms with Crippen molar-refractivity contribution < 1.29 is 17.6 Å². The molecule has 0 atom stereocenters. The third-order valence-electron chi connectivity index (χ3n) is 3.02. The van der Waals surface area contributed by atoms with E-state index in [4.69, 9.17) is 0 Å². The zero-order valence-electron chi connectivity index (χ0n) is 11.6. The molecule has 0 fully saturated rings. The Labute approximate surface area is 136 Å². The van der Waals surface area contributed by atoms with Crippen LogP contribution in [0.5, 0.6) is 0 Å². The van der Waals surface area contributed by atoms with Crippen LogP contribution in [0, 0.1) is 5.82 Å². The number of benzene rings is 2. The van der Waals surface area contributed by atoms with E-state index in [1.54, 1.807) is 6.92 Å². The molecule has 0 bridgehead atoms. The van der Waals surface area contributed by atoms with Crippen molar-refractivity contribution in [3.05, 3.63) is 58.3 Å². The molecule has 0 spiro atoms. The minimum Gasteiger partial charge on any atom is -0.322 e.